The summed E-state index contributed by atoms with van der Waals surface area (Å²) >= 11 is 0. The number of para-hydroxylation sites is 1. The lowest BCUT2D eigenvalue weighted by Crippen LogP contribution is -2.35. The van der Waals surface area contributed by atoms with Gasteiger partial charge < -0.3 is 9.80 Å². The zero-order valence-electron chi connectivity index (χ0n) is 16.2. The van der Waals surface area contributed by atoms with Crippen molar-refractivity contribution < 1.29 is 0 Å². The first-order valence-electron chi connectivity index (χ1n) is 10.3. The molecule has 142 valence electrons. The maximum absolute atomic E-state index is 4.93. The van der Waals surface area contributed by atoms with E-state index in [1.165, 1.54) is 36.1 Å². The lowest BCUT2D eigenvalue weighted by molar-refractivity contribution is 0.402. The Morgan fingerprint density at radius 1 is 0.857 bits per heavy atom. The fourth-order valence-corrected chi connectivity index (χ4v) is 4.50. The fourth-order valence-electron chi connectivity index (χ4n) is 4.50. The van der Waals surface area contributed by atoms with E-state index in [0.29, 0.717) is 0 Å². The zero-order valence-corrected chi connectivity index (χ0v) is 16.2. The van der Waals surface area contributed by atoms with Gasteiger partial charge in [0.1, 0.15) is 5.82 Å². The van der Waals surface area contributed by atoms with Gasteiger partial charge in [0.2, 0.25) is 5.95 Å². The van der Waals surface area contributed by atoms with Gasteiger partial charge in [-0.1, -0.05) is 48.5 Å². The van der Waals surface area contributed by atoms with Gasteiger partial charge in [0.15, 0.2) is 0 Å². The summed E-state index contributed by atoms with van der Waals surface area (Å²) in [7, 11) is 0. The third-order valence-electron chi connectivity index (χ3n) is 6.06. The lowest BCUT2D eigenvalue weighted by atomic mass is 9.90. The molecule has 1 aromatic heterocycles. The van der Waals surface area contributed by atoms with Gasteiger partial charge >= 0.3 is 0 Å². The van der Waals surface area contributed by atoms with Crippen LogP contribution in [0.1, 0.15) is 24.0 Å². The van der Waals surface area contributed by atoms with E-state index >= 15 is 0 Å². The highest BCUT2D eigenvalue weighted by atomic mass is 15.3. The normalized spacial score (nSPS) is 17.0. The summed E-state index contributed by atoms with van der Waals surface area (Å²) in [6.07, 6.45) is 6.61. The minimum Gasteiger partial charge on any atom is -0.356 e. The molecular weight excluding hydrogens is 344 g/mol. The van der Waals surface area contributed by atoms with Crippen LogP contribution in [0.15, 0.2) is 66.9 Å². The van der Waals surface area contributed by atoms with E-state index in [1.807, 2.05) is 6.20 Å². The van der Waals surface area contributed by atoms with Crippen molar-refractivity contribution in [2.24, 2.45) is 5.92 Å². The number of hydrogen-bond donors (Lipinski definition) is 0. The van der Waals surface area contributed by atoms with E-state index in [4.69, 9.17) is 4.98 Å². The van der Waals surface area contributed by atoms with E-state index in [0.717, 1.165) is 43.7 Å². The van der Waals surface area contributed by atoms with Crippen molar-refractivity contribution in [3.8, 4) is 0 Å². The summed E-state index contributed by atoms with van der Waals surface area (Å²) < 4.78 is 0. The van der Waals surface area contributed by atoms with Gasteiger partial charge in [0.05, 0.1) is 0 Å². The molecular formula is C24H26N4. The van der Waals surface area contributed by atoms with E-state index in [9.17, 15) is 0 Å². The van der Waals surface area contributed by atoms with Gasteiger partial charge in [0.25, 0.3) is 0 Å². The summed E-state index contributed by atoms with van der Waals surface area (Å²) in [4.78, 5) is 14.2. The standard InChI is InChI=1S/C24H26N4/c1-2-6-19(7-3-1)18-20-11-15-27(16-12-20)23-10-14-25-24(26-23)28-17-13-21-8-4-5-9-22(21)28/h1-10,14,20H,11-13,15-18H2. The Hall–Kier alpha value is -2.88. The maximum atomic E-state index is 4.93. The first kappa shape index (κ1) is 17.2. The number of benzene rings is 2. The van der Waals surface area contributed by atoms with E-state index in [2.05, 4.69) is 75.4 Å². The summed E-state index contributed by atoms with van der Waals surface area (Å²) in [6, 6.07) is 21.5. The number of piperidine rings is 1. The van der Waals surface area contributed by atoms with Crippen LogP contribution in [0, 0.1) is 5.92 Å². The van der Waals surface area contributed by atoms with Gasteiger partial charge in [-0.25, -0.2) is 4.98 Å². The van der Waals surface area contributed by atoms with Crippen molar-refractivity contribution in [3.05, 3.63) is 78.0 Å². The molecule has 5 rings (SSSR count). The summed E-state index contributed by atoms with van der Waals surface area (Å²) in [5.74, 6) is 2.66. The van der Waals surface area contributed by atoms with Gasteiger partial charge in [-0.05, 0) is 54.9 Å². The molecule has 3 heterocycles. The molecule has 2 aromatic carbocycles. The molecule has 28 heavy (non-hydrogen) atoms. The maximum Gasteiger partial charge on any atom is 0.231 e. The number of nitrogens with zero attached hydrogens (tertiary/aromatic N) is 4. The highest BCUT2D eigenvalue weighted by Gasteiger charge is 2.24. The largest absolute Gasteiger partial charge is 0.356 e. The monoisotopic (exact) mass is 370 g/mol. The van der Waals surface area contributed by atoms with Crippen LogP contribution in [0.2, 0.25) is 0 Å². The molecule has 0 bridgehead atoms. The molecule has 4 heteroatoms. The van der Waals surface area contributed by atoms with E-state index < -0.39 is 0 Å². The second-order valence-corrected chi connectivity index (χ2v) is 7.87. The molecule has 0 atom stereocenters. The van der Waals surface area contributed by atoms with Crippen LogP contribution in [0.3, 0.4) is 0 Å². The molecule has 1 fully saturated rings. The number of rotatable bonds is 4. The van der Waals surface area contributed by atoms with Crippen LogP contribution in [0.5, 0.6) is 0 Å². The molecule has 0 N–H and O–H groups in total. The highest BCUT2D eigenvalue weighted by molar-refractivity contribution is 5.66. The summed E-state index contributed by atoms with van der Waals surface area (Å²) in [6.45, 7) is 3.11. The zero-order chi connectivity index (χ0) is 18.8. The van der Waals surface area contributed by atoms with Crippen LogP contribution >= 0.6 is 0 Å². The van der Waals surface area contributed by atoms with Crippen LogP contribution < -0.4 is 9.80 Å². The van der Waals surface area contributed by atoms with Crippen molar-refractivity contribution in [3.63, 3.8) is 0 Å². The third-order valence-corrected chi connectivity index (χ3v) is 6.06. The Kier molecular flexibility index (Phi) is 4.69. The van der Waals surface area contributed by atoms with E-state index in [-0.39, 0.29) is 0 Å². The van der Waals surface area contributed by atoms with Crippen molar-refractivity contribution in [2.75, 3.05) is 29.4 Å². The predicted molar refractivity (Wildman–Crippen MR) is 114 cm³/mol. The van der Waals surface area contributed by atoms with Gasteiger partial charge in [0, 0.05) is 31.5 Å². The molecule has 1 saturated heterocycles. The highest BCUT2D eigenvalue weighted by Crippen LogP contribution is 2.33. The fraction of sp³-hybridized carbons (Fsp3) is 0.333. The van der Waals surface area contributed by atoms with Crippen LogP contribution in [-0.2, 0) is 12.8 Å². The molecule has 0 spiro atoms. The number of hydrogen-bond acceptors (Lipinski definition) is 4. The Morgan fingerprint density at radius 2 is 1.64 bits per heavy atom. The van der Waals surface area contributed by atoms with Crippen molar-refractivity contribution >= 4 is 17.5 Å². The minimum absolute atomic E-state index is 0.769. The molecule has 4 nitrogen and oxygen atoms in total. The SMILES string of the molecule is c1ccc(CC2CCN(c3ccnc(N4CCc5ccccc54)n3)CC2)cc1. The Labute approximate surface area is 166 Å². The Balaban J connectivity index is 1.26. The topological polar surface area (TPSA) is 32.3 Å². The van der Waals surface area contributed by atoms with Crippen molar-refractivity contribution in [1.82, 2.24) is 9.97 Å². The number of fused-ring (bicyclic) bond motifs is 1. The second-order valence-electron chi connectivity index (χ2n) is 7.87. The summed E-state index contributed by atoms with van der Waals surface area (Å²) in [5.41, 5.74) is 4.09. The van der Waals surface area contributed by atoms with E-state index in [1.54, 1.807) is 0 Å². The van der Waals surface area contributed by atoms with Gasteiger partial charge in [-0.3, -0.25) is 0 Å². The smallest absolute Gasteiger partial charge is 0.231 e. The molecule has 0 radical (unpaired) electrons. The van der Waals surface area contributed by atoms with Gasteiger partial charge in [-0.15, -0.1) is 0 Å². The Morgan fingerprint density at radius 3 is 2.50 bits per heavy atom. The van der Waals surface area contributed by atoms with Crippen LogP contribution in [0.25, 0.3) is 0 Å². The molecule has 0 unspecified atom stereocenters. The third kappa shape index (κ3) is 3.47. The van der Waals surface area contributed by atoms with Crippen LogP contribution in [-0.4, -0.2) is 29.6 Å². The minimum atomic E-state index is 0.769. The molecule has 0 amide bonds. The Bertz CT molecular complexity index is 932. The molecule has 3 aromatic rings. The number of aromatic nitrogens is 2. The average Bonchev–Trinajstić information content (AvgIpc) is 3.19. The summed E-state index contributed by atoms with van der Waals surface area (Å²) in [5, 5.41) is 0. The molecule has 0 saturated carbocycles. The molecule has 0 aliphatic carbocycles. The molecule has 2 aliphatic heterocycles. The lowest BCUT2D eigenvalue weighted by Gasteiger charge is -2.33. The average molecular weight is 371 g/mol. The predicted octanol–water partition coefficient (Wildman–Crippen LogP) is 4.63. The molecule has 2 aliphatic rings. The first-order valence-corrected chi connectivity index (χ1v) is 10.3. The van der Waals surface area contributed by atoms with Crippen LogP contribution in [0.4, 0.5) is 17.5 Å². The van der Waals surface area contributed by atoms with Gasteiger partial charge in [-0.2, -0.15) is 4.98 Å². The quantitative estimate of drug-likeness (QED) is 0.670. The second kappa shape index (κ2) is 7.63. The first-order chi connectivity index (χ1) is 13.9. The van der Waals surface area contributed by atoms with Crippen molar-refractivity contribution in [1.29, 1.82) is 0 Å². The van der Waals surface area contributed by atoms with Crippen molar-refractivity contribution in [2.45, 2.75) is 25.7 Å². The number of anilines is 3.